The van der Waals surface area contributed by atoms with Crippen LogP contribution in [0.25, 0.3) is 0 Å². The Morgan fingerprint density at radius 3 is 2.11 bits per heavy atom. The number of benzene rings is 1. The number of ether oxygens (including phenoxy) is 2. The summed E-state index contributed by atoms with van der Waals surface area (Å²) in [5.74, 6) is -0.907. The number of esters is 2. The van der Waals surface area contributed by atoms with Crippen LogP contribution >= 0.6 is 0 Å². The predicted octanol–water partition coefficient (Wildman–Crippen LogP) is 1.68. The van der Waals surface area contributed by atoms with E-state index in [2.05, 4.69) is 5.32 Å². The van der Waals surface area contributed by atoms with Crippen LogP contribution in [-0.4, -0.2) is 32.7 Å². The van der Waals surface area contributed by atoms with Gasteiger partial charge in [0.2, 0.25) is 0 Å². The van der Waals surface area contributed by atoms with E-state index in [0.29, 0.717) is 11.1 Å². The van der Waals surface area contributed by atoms with E-state index in [1.807, 2.05) is 0 Å². The topological polar surface area (TPSA) is 64.6 Å². The third-order valence-corrected chi connectivity index (χ3v) is 3.26. The molecule has 2 rings (SSSR count). The monoisotopic (exact) mass is 263 g/mol. The lowest BCUT2D eigenvalue weighted by Crippen LogP contribution is -2.15. The molecule has 5 heteroatoms. The van der Waals surface area contributed by atoms with Crippen LogP contribution in [0.3, 0.4) is 0 Å². The van der Waals surface area contributed by atoms with Gasteiger partial charge in [-0.1, -0.05) is 0 Å². The maximum absolute atomic E-state index is 11.6. The minimum atomic E-state index is -0.454. The molecule has 0 bridgehead atoms. The van der Waals surface area contributed by atoms with Gasteiger partial charge in [0.1, 0.15) is 0 Å². The number of hydrogen-bond donors (Lipinski definition) is 1. The molecule has 0 aromatic heterocycles. The Bertz CT molecular complexity index is 458. The Kier molecular flexibility index (Phi) is 4.16. The number of hydrogen-bond acceptors (Lipinski definition) is 5. The third kappa shape index (κ3) is 2.93. The van der Waals surface area contributed by atoms with Crippen LogP contribution in [0, 0.1) is 0 Å². The van der Waals surface area contributed by atoms with E-state index in [9.17, 15) is 9.59 Å². The summed E-state index contributed by atoms with van der Waals surface area (Å²) in [5.41, 5.74) is 1.66. The molecule has 0 radical (unpaired) electrons. The van der Waals surface area contributed by atoms with Crippen molar-refractivity contribution in [2.75, 3.05) is 20.8 Å². The molecule has 1 aromatic rings. The van der Waals surface area contributed by atoms with Crippen molar-refractivity contribution in [1.29, 1.82) is 0 Å². The van der Waals surface area contributed by atoms with E-state index in [0.717, 1.165) is 24.9 Å². The molecular formula is C14H17NO4. The van der Waals surface area contributed by atoms with Crippen LogP contribution in [0.1, 0.15) is 45.2 Å². The van der Waals surface area contributed by atoms with Gasteiger partial charge in [-0.05, 0) is 43.1 Å². The molecule has 1 unspecified atom stereocenters. The lowest BCUT2D eigenvalue weighted by molar-refractivity contribution is 0.0599. The summed E-state index contributed by atoms with van der Waals surface area (Å²) in [6.07, 6.45) is 2.08. The maximum Gasteiger partial charge on any atom is 0.337 e. The lowest BCUT2D eigenvalue weighted by atomic mass is 9.99. The van der Waals surface area contributed by atoms with Crippen LogP contribution in [0.15, 0.2) is 18.2 Å². The zero-order chi connectivity index (χ0) is 13.8. The van der Waals surface area contributed by atoms with Gasteiger partial charge >= 0.3 is 11.9 Å². The summed E-state index contributed by atoms with van der Waals surface area (Å²) < 4.78 is 9.42. The molecule has 5 nitrogen and oxygen atoms in total. The molecule has 1 aliphatic heterocycles. The van der Waals surface area contributed by atoms with Crippen molar-refractivity contribution in [3.8, 4) is 0 Å². The summed E-state index contributed by atoms with van der Waals surface area (Å²) in [6.45, 7) is 0.945. The molecule has 1 atom stereocenters. The van der Waals surface area contributed by atoms with Crippen molar-refractivity contribution < 1.29 is 19.1 Å². The summed E-state index contributed by atoms with van der Waals surface area (Å²) >= 11 is 0. The van der Waals surface area contributed by atoms with Crippen LogP contribution < -0.4 is 5.32 Å². The average Bonchev–Trinajstić information content (AvgIpc) is 2.99. The molecule has 1 aliphatic rings. The van der Waals surface area contributed by atoms with Crippen molar-refractivity contribution in [2.45, 2.75) is 18.9 Å². The van der Waals surface area contributed by atoms with Gasteiger partial charge in [0.15, 0.2) is 0 Å². The van der Waals surface area contributed by atoms with Crippen LogP contribution in [0.4, 0.5) is 0 Å². The van der Waals surface area contributed by atoms with Gasteiger partial charge in [-0.2, -0.15) is 0 Å². The maximum atomic E-state index is 11.6. The first-order valence-corrected chi connectivity index (χ1v) is 6.20. The molecule has 1 heterocycles. The van der Waals surface area contributed by atoms with E-state index in [1.54, 1.807) is 12.1 Å². The first kappa shape index (κ1) is 13.5. The van der Waals surface area contributed by atoms with E-state index < -0.39 is 11.9 Å². The highest BCUT2D eigenvalue weighted by atomic mass is 16.5. The second kappa shape index (κ2) is 5.84. The fourth-order valence-electron chi connectivity index (χ4n) is 2.29. The summed E-state index contributed by atoms with van der Waals surface area (Å²) in [7, 11) is 2.64. The number of rotatable bonds is 3. The summed E-state index contributed by atoms with van der Waals surface area (Å²) in [4.78, 5) is 23.3. The molecule has 1 saturated heterocycles. The number of nitrogens with one attached hydrogen (secondary N) is 1. The molecule has 0 amide bonds. The highest BCUT2D eigenvalue weighted by Crippen LogP contribution is 2.25. The van der Waals surface area contributed by atoms with Gasteiger partial charge in [-0.15, -0.1) is 0 Å². The third-order valence-electron chi connectivity index (χ3n) is 3.26. The van der Waals surface area contributed by atoms with Gasteiger partial charge < -0.3 is 14.8 Å². The van der Waals surface area contributed by atoms with Gasteiger partial charge in [0.25, 0.3) is 0 Å². The molecule has 0 spiro atoms. The predicted molar refractivity (Wildman–Crippen MR) is 69.1 cm³/mol. The van der Waals surface area contributed by atoms with Gasteiger partial charge in [-0.3, -0.25) is 0 Å². The first-order valence-electron chi connectivity index (χ1n) is 6.20. The van der Waals surface area contributed by atoms with Gasteiger partial charge in [0.05, 0.1) is 25.3 Å². The molecule has 1 fully saturated rings. The molecule has 0 aliphatic carbocycles. The molecule has 102 valence electrons. The summed E-state index contributed by atoms with van der Waals surface area (Å²) in [6, 6.07) is 5.20. The molecule has 19 heavy (non-hydrogen) atoms. The molecule has 0 saturated carbocycles. The second-order valence-corrected chi connectivity index (χ2v) is 4.48. The highest BCUT2D eigenvalue weighted by molar-refractivity contribution is 5.95. The van der Waals surface area contributed by atoms with E-state index in [4.69, 9.17) is 9.47 Å². The lowest BCUT2D eigenvalue weighted by Gasteiger charge is -2.13. The van der Waals surface area contributed by atoms with E-state index in [1.165, 1.54) is 20.3 Å². The second-order valence-electron chi connectivity index (χ2n) is 4.48. The van der Waals surface area contributed by atoms with Crippen LogP contribution in [0.5, 0.6) is 0 Å². The molecule has 1 aromatic carbocycles. The Labute approximate surface area is 111 Å². The number of methoxy groups -OCH3 is 2. The minimum absolute atomic E-state index is 0.174. The average molecular weight is 263 g/mol. The van der Waals surface area contributed by atoms with Crippen molar-refractivity contribution in [3.05, 3.63) is 34.9 Å². The van der Waals surface area contributed by atoms with Crippen molar-refractivity contribution >= 4 is 11.9 Å². The standard InChI is InChI=1S/C14H17NO4/c1-18-13(16)10-6-9(12-4-3-5-15-12)7-11(8-10)14(17)19-2/h6-8,12,15H,3-5H2,1-2H3. The molecule has 1 N–H and O–H groups in total. The minimum Gasteiger partial charge on any atom is -0.465 e. The van der Waals surface area contributed by atoms with Gasteiger partial charge in [-0.25, -0.2) is 9.59 Å². The largest absolute Gasteiger partial charge is 0.465 e. The molecular weight excluding hydrogens is 246 g/mol. The smallest absolute Gasteiger partial charge is 0.337 e. The Hall–Kier alpha value is -1.88. The summed E-state index contributed by atoms with van der Waals surface area (Å²) in [5, 5.41) is 3.34. The zero-order valence-corrected chi connectivity index (χ0v) is 11.1. The number of carbonyl (C=O) groups excluding carboxylic acids is 2. The highest BCUT2D eigenvalue weighted by Gasteiger charge is 2.20. The van der Waals surface area contributed by atoms with Crippen LogP contribution in [0.2, 0.25) is 0 Å². The quantitative estimate of drug-likeness (QED) is 0.841. The van der Waals surface area contributed by atoms with Crippen molar-refractivity contribution in [2.24, 2.45) is 0 Å². The van der Waals surface area contributed by atoms with E-state index >= 15 is 0 Å². The Balaban J connectivity index is 2.41. The van der Waals surface area contributed by atoms with Crippen molar-refractivity contribution in [1.82, 2.24) is 5.32 Å². The number of carbonyl (C=O) groups is 2. The Morgan fingerprint density at radius 1 is 1.11 bits per heavy atom. The van der Waals surface area contributed by atoms with Crippen molar-refractivity contribution in [3.63, 3.8) is 0 Å². The zero-order valence-electron chi connectivity index (χ0n) is 11.1. The fourth-order valence-corrected chi connectivity index (χ4v) is 2.29. The fraction of sp³-hybridized carbons (Fsp3) is 0.429. The van der Waals surface area contributed by atoms with E-state index in [-0.39, 0.29) is 6.04 Å². The van der Waals surface area contributed by atoms with Crippen LogP contribution in [-0.2, 0) is 9.47 Å². The first-order chi connectivity index (χ1) is 9.15. The SMILES string of the molecule is COC(=O)c1cc(C(=O)OC)cc(C2CCCN2)c1. The van der Waals surface area contributed by atoms with Gasteiger partial charge in [0, 0.05) is 6.04 Å². The Morgan fingerprint density at radius 2 is 1.68 bits per heavy atom. The normalized spacial score (nSPS) is 18.1.